The molecule has 0 radical (unpaired) electrons. The van der Waals surface area contributed by atoms with Crippen molar-refractivity contribution in [2.75, 3.05) is 6.54 Å². The normalized spacial score (nSPS) is 12.3. The van der Waals surface area contributed by atoms with Crippen LogP contribution in [-0.2, 0) is 12.8 Å². The summed E-state index contributed by atoms with van der Waals surface area (Å²) in [4.78, 5) is 4.12. The van der Waals surface area contributed by atoms with E-state index >= 15 is 0 Å². The Morgan fingerprint density at radius 2 is 2.00 bits per heavy atom. The number of aromatic nitrogens is 1. The van der Waals surface area contributed by atoms with Gasteiger partial charge in [-0.1, -0.05) is 31.2 Å². The van der Waals surface area contributed by atoms with E-state index in [4.69, 9.17) is 0 Å². The van der Waals surface area contributed by atoms with Crippen molar-refractivity contribution in [3.05, 3.63) is 65.7 Å². The van der Waals surface area contributed by atoms with Crippen molar-refractivity contribution in [3.8, 4) is 0 Å². The number of halogens is 1. The zero-order valence-corrected chi connectivity index (χ0v) is 11.1. The van der Waals surface area contributed by atoms with Gasteiger partial charge in [-0.3, -0.25) is 4.98 Å². The van der Waals surface area contributed by atoms with E-state index in [1.54, 1.807) is 12.3 Å². The number of pyridine rings is 1. The molecule has 0 aliphatic rings. The molecule has 0 bridgehead atoms. The summed E-state index contributed by atoms with van der Waals surface area (Å²) in [6.45, 7) is 2.94. The molecule has 0 saturated carbocycles. The maximum atomic E-state index is 13.7. The lowest BCUT2D eigenvalue weighted by Gasteiger charge is -2.18. The summed E-state index contributed by atoms with van der Waals surface area (Å²) < 4.78 is 13.7. The van der Waals surface area contributed by atoms with Crippen molar-refractivity contribution >= 4 is 0 Å². The first kappa shape index (κ1) is 13.7. The lowest BCUT2D eigenvalue weighted by molar-refractivity contribution is 0.505. The highest BCUT2D eigenvalue weighted by Crippen LogP contribution is 2.12. The predicted molar refractivity (Wildman–Crippen MR) is 75.5 cm³/mol. The van der Waals surface area contributed by atoms with Crippen molar-refractivity contribution in [1.29, 1.82) is 0 Å². The van der Waals surface area contributed by atoms with Crippen LogP contribution >= 0.6 is 0 Å². The van der Waals surface area contributed by atoms with Crippen molar-refractivity contribution in [3.63, 3.8) is 0 Å². The Kier molecular flexibility index (Phi) is 5.04. The van der Waals surface area contributed by atoms with E-state index < -0.39 is 0 Å². The first-order chi connectivity index (χ1) is 9.29. The molecule has 2 nitrogen and oxygen atoms in total. The fourth-order valence-electron chi connectivity index (χ4n) is 2.24. The first-order valence-electron chi connectivity index (χ1n) is 6.65. The van der Waals surface area contributed by atoms with Crippen LogP contribution in [0.5, 0.6) is 0 Å². The van der Waals surface area contributed by atoms with Gasteiger partial charge >= 0.3 is 0 Å². The zero-order valence-electron chi connectivity index (χ0n) is 11.1. The lowest BCUT2D eigenvalue weighted by atomic mass is 9.99. The molecule has 100 valence electrons. The summed E-state index contributed by atoms with van der Waals surface area (Å²) in [6, 6.07) is 11.2. The third kappa shape index (κ3) is 4.14. The molecule has 19 heavy (non-hydrogen) atoms. The monoisotopic (exact) mass is 258 g/mol. The minimum atomic E-state index is -0.128. The number of hydrogen-bond acceptors (Lipinski definition) is 2. The number of nitrogens with one attached hydrogen (secondary N) is 1. The molecular weight excluding hydrogens is 239 g/mol. The minimum Gasteiger partial charge on any atom is -0.314 e. The number of benzene rings is 1. The average Bonchev–Trinajstić information content (AvgIpc) is 2.43. The third-order valence-corrected chi connectivity index (χ3v) is 3.12. The molecule has 2 rings (SSSR count). The van der Waals surface area contributed by atoms with Gasteiger partial charge in [-0.2, -0.15) is 0 Å². The highest BCUT2D eigenvalue weighted by Gasteiger charge is 2.12. The number of hydrogen-bond donors (Lipinski definition) is 1. The van der Waals surface area contributed by atoms with Crippen molar-refractivity contribution in [1.82, 2.24) is 10.3 Å². The van der Waals surface area contributed by atoms with Crippen LogP contribution in [0.4, 0.5) is 4.39 Å². The number of nitrogens with zero attached hydrogens (tertiary/aromatic N) is 1. The molecule has 1 aromatic heterocycles. The summed E-state index contributed by atoms with van der Waals surface area (Å²) in [5.41, 5.74) is 1.93. The smallest absolute Gasteiger partial charge is 0.126 e. The van der Waals surface area contributed by atoms with Crippen LogP contribution in [0, 0.1) is 5.82 Å². The van der Waals surface area contributed by atoms with Gasteiger partial charge in [0.25, 0.3) is 0 Å². The summed E-state index contributed by atoms with van der Waals surface area (Å²) in [6.07, 6.45) is 5.18. The summed E-state index contributed by atoms with van der Waals surface area (Å²) in [7, 11) is 0. The van der Waals surface area contributed by atoms with Crippen LogP contribution < -0.4 is 5.32 Å². The Morgan fingerprint density at radius 1 is 1.16 bits per heavy atom. The summed E-state index contributed by atoms with van der Waals surface area (Å²) >= 11 is 0. The largest absolute Gasteiger partial charge is 0.314 e. The van der Waals surface area contributed by atoms with Gasteiger partial charge in [0.15, 0.2) is 0 Å². The number of rotatable bonds is 6. The second kappa shape index (κ2) is 7.00. The highest BCUT2D eigenvalue weighted by molar-refractivity contribution is 5.19. The molecule has 1 heterocycles. The highest BCUT2D eigenvalue weighted by atomic mass is 19.1. The molecule has 0 aliphatic heterocycles. The topological polar surface area (TPSA) is 24.9 Å². The second-order valence-corrected chi connectivity index (χ2v) is 4.62. The van der Waals surface area contributed by atoms with E-state index in [9.17, 15) is 4.39 Å². The lowest BCUT2D eigenvalue weighted by Crippen LogP contribution is -2.33. The van der Waals surface area contributed by atoms with E-state index in [0.717, 1.165) is 18.5 Å². The molecule has 0 fully saturated rings. The molecule has 0 aliphatic carbocycles. The Morgan fingerprint density at radius 3 is 2.68 bits per heavy atom. The maximum Gasteiger partial charge on any atom is 0.126 e. The van der Waals surface area contributed by atoms with E-state index in [1.807, 2.05) is 24.4 Å². The second-order valence-electron chi connectivity index (χ2n) is 4.62. The molecule has 1 atom stereocenters. The maximum absolute atomic E-state index is 13.7. The van der Waals surface area contributed by atoms with Gasteiger partial charge in [-0.25, -0.2) is 4.39 Å². The van der Waals surface area contributed by atoms with Crippen LogP contribution in [0.25, 0.3) is 0 Å². The quantitative estimate of drug-likeness (QED) is 0.861. The molecule has 1 N–H and O–H groups in total. The van der Waals surface area contributed by atoms with E-state index in [2.05, 4.69) is 23.3 Å². The summed E-state index contributed by atoms with van der Waals surface area (Å²) in [5.74, 6) is -0.128. The fraction of sp³-hybridized carbons (Fsp3) is 0.312. The van der Waals surface area contributed by atoms with Gasteiger partial charge in [-0.05, 0) is 42.6 Å². The van der Waals surface area contributed by atoms with Crippen LogP contribution in [0.3, 0.4) is 0 Å². The Bertz CT molecular complexity index is 499. The predicted octanol–water partition coefficient (Wildman–Crippen LogP) is 2.98. The minimum absolute atomic E-state index is 0.128. The Balaban J connectivity index is 2.06. The third-order valence-electron chi connectivity index (χ3n) is 3.12. The van der Waals surface area contributed by atoms with E-state index in [0.29, 0.717) is 6.42 Å². The first-order valence-corrected chi connectivity index (χ1v) is 6.65. The SMILES string of the molecule is CCNC(Cc1cccnc1)Cc1ccccc1F. The summed E-state index contributed by atoms with van der Waals surface area (Å²) in [5, 5.41) is 3.41. The Hall–Kier alpha value is -1.74. The molecule has 2 aromatic rings. The fourth-order valence-corrected chi connectivity index (χ4v) is 2.24. The van der Waals surface area contributed by atoms with Crippen LogP contribution in [0.15, 0.2) is 48.8 Å². The number of likely N-dealkylation sites (N-methyl/N-ethyl adjacent to an activating group) is 1. The van der Waals surface area contributed by atoms with Gasteiger partial charge in [0.05, 0.1) is 0 Å². The molecule has 1 aromatic carbocycles. The van der Waals surface area contributed by atoms with Crippen molar-refractivity contribution < 1.29 is 4.39 Å². The van der Waals surface area contributed by atoms with E-state index in [1.165, 1.54) is 11.6 Å². The van der Waals surface area contributed by atoms with Gasteiger partial charge in [0.2, 0.25) is 0 Å². The molecule has 0 amide bonds. The van der Waals surface area contributed by atoms with Crippen molar-refractivity contribution in [2.45, 2.75) is 25.8 Å². The molecule has 3 heteroatoms. The van der Waals surface area contributed by atoms with Gasteiger partial charge in [0.1, 0.15) is 5.82 Å². The molecule has 1 unspecified atom stereocenters. The van der Waals surface area contributed by atoms with Gasteiger partial charge in [-0.15, -0.1) is 0 Å². The van der Waals surface area contributed by atoms with Gasteiger partial charge < -0.3 is 5.32 Å². The molecule has 0 saturated heterocycles. The standard InChI is InChI=1S/C16H19FN2/c1-2-19-15(10-13-6-5-9-18-12-13)11-14-7-3-4-8-16(14)17/h3-9,12,15,19H,2,10-11H2,1H3. The molecule has 0 spiro atoms. The van der Waals surface area contributed by atoms with Crippen LogP contribution in [0.1, 0.15) is 18.1 Å². The molecular formula is C16H19FN2. The van der Waals surface area contributed by atoms with E-state index in [-0.39, 0.29) is 11.9 Å². The van der Waals surface area contributed by atoms with Crippen LogP contribution in [-0.4, -0.2) is 17.6 Å². The Labute approximate surface area is 113 Å². The zero-order chi connectivity index (χ0) is 13.5. The van der Waals surface area contributed by atoms with Crippen molar-refractivity contribution in [2.24, 2.45) is 0 Å². The average molecular weight is 258 g/mol. The van der Waals surface area contributed by atoms with Crippen LogP contribution in [0.2, 0.25) is 0 Å². The van der Waals surface area contributed by atoms with Gasteiger partial charge in [0, 0.05) is 18.4 Å².